The number of carbonyl (C=O) groups excluding carboxylic acids is 1. The van der Waals surface area contributed by atoms with Crippen LogP contribution in [0.2, 0.25) is 0 Å². The van der Waals surface area contributed by atoms with Gasteiger partial charge in [0.1, 0.15) is 17.0 Å². The van der Waals surface area contributed by atoms with Crippen molar-refractivity contribution in [2.75, 3.05) is 18.6 Å². The molecule has 1 fully saturated rings. The van der Waals surface area contributed by atoms with Crippen LogP contribution in [0.3, 0.4) is 0 Å². The van der Waals surface area contributed by atoms with Crippen molar-refractivity contribution in [3.8, 4) is 0 Å². The highest BCUT2D eigenvalue weighted by Crippen LogP contribution is 2.43. The van der Waals surface area contributed by atoms with Crippen molar-refractivity contribution in [3.63, 3.8) is 0 Å². The molecule has 42 heavy (non-hydrogen) atoms. The highest BCUT2D eigenvalue weighted by molar-refractivity contribution is 7.92. The van der Waals surface area contributed by atoms with Gasteiger partial charge in [-0.15, -0.1) is 0 Å². The minimum absolute atomic E-state index is 0.100. The summed E-state index contributed by atoms with van der Waals surface area (Å²) in [7, 11) is -0.940. The molecule has 2 heterocycles. The molecular formula is C28H27F4N5O4S. The molecule has 222 valence electrons. The predicted molar refractivity (Wildman–Crippen MR) is 145 cm³/mol. The van der Waals surface area contributed by atoms with E-state index < -0.39 is 32.5 Å². The molecule has 9 nitrogen and oxygen atoms in total. The van der Waals surface area contributed by atoms with Crippen LogP contribution < -0.4 is 4.47 Å². The second kappa shape index (κ2) is 11.3. The first-order valence-corrected chi connectivity index (χ1v) is 14.4. The van der Waals surface area contributed by atoms with E-state index in [4.69, 9.17) is 0 Å². The topological polar surface area (TPSA) is 97.6 Å². The lowest BCUT2D eigenvalue weighted by atomic mass is 9.77. The van der Waals surface area contributed by atoms with E-state index in [0.717, 1.165) is 24.5 Å². The maximum absolute atomic E-state index is 15.5. The van der Waals surface area contributed by atoms with Crippen LogP contribution in [-0.2, 0) is 25.8 Å². The monoisotopic (exact) mass is 605 g/mol. The zero-order chi connectivity index (χ0) is 30.2. The Kier molecular flexibility index (Phi) is 7.94. The molecule has 0 bridgehead atoms. The van der Waals surface area contributed by atoms with Crippen molar-refractivity contribution >= 4 is 33.2 Å². The number of fused-ring (bicyclic) bond motifs is 1. The minimum Gasteiger partial charge on any atom is -0.343 e. The number of alkyl halides is 3. The molecule has 0 N–H and O–H groups in total. The van der Waals surface area contributed by atoms with E-state index in [0.29, 0.717) is 35.7 Å². The van der Waals surface area contributed by atoms with Gasteiger partial charge in [0.15, 0.2) is 5.82 Å². The molecule has 1 aliphatic rings. The quantitative estimate of drug-likeness (QED) is 0.153. The van der Waals surface area contributed by atoms with E-state index in [1.165, 1.54) is 24.4 Å². The molecule has 14 heteroatoms. The number of aromatic nitrogens is 3. The van der Waals surface area contributed by atoms with Gasteiger partial charge in [0, 0.05) is 35.9 Å². The molecule has 3 atom stereocenters. The molecule has 2 aromatic heterocycles. The summed E-state index contributed by atoms with van der Waals surface area (Å²) in [6.07, 6.45) is 1.39. The van der Waals surface area contributed by atoms with Crippen molar-refractivity contribution in [1.82, 2.24) is 19.4 Å². The summed E-state index contributed by atoms with van der Waals surface area (Å²) in [5.74, 6) is -1.45. The Hall–Kier alpha value is -4.04. The zero-order valence-corrected chi connectivity index (χ0v) is 23.4. The molecule has 0 spiro atoms. The molecule has 0 radical (unpaired) electrons. The number of benzene rings is 2. The first-order valence-electron chi connectivity index (χ1n) is 13.0. The number of nitrogens with zero attached hydrogens (tertiary/aromatic N) is 5. The van der Waals surface area contributed by atoms with Crippen LogP contribution in [0.1, 0.15) is 42.3 Å². The maximum Gasteiger partial charge on any atom is 0.416 e. The lowest BCUT2D eigenvalue weighted by molar-refractivity contribution is -0.137. The summed E-state index contributed by atoms with van der Waals surface area (Å²) in [5.41, 5.74) is 0.392. The third kappa shape index (κ3) is 5.55. The maximum atomic E-state index is 15.5. The molecule has 1 aliphatic carbocycles. The van der Waals surface area contributed by atoms with E-state index in [9.17, 15) is 26.4 Å². The van der Waals surface area contributed by atoms with Crippen LogP contribution >= 0.6 is 0 Å². The van der Waals surface area contributed by atoms with Gasteiger partial charge in [-0.1, -0.05) is 22.7 Å². The number of hydrogen-bond acceptors (Lipinski definition) is 7. The molecular weight excluding hydrogens is 578 g/mol. The Morgan fingerprint density at radius 3 is 2.55 bits per heavy atom. The molecule has 0 aliphatic heterocycles. The molecule has 1 saturated carbocycles. The van der Waals surface area contributed by atoms with Gasteiger partial charge in [0.05, 0.1) is 11.1 Å². The van der Waals surface area contributed by atoms with Gasteiger partial charge < -0.3 is 14.3 Å². The summed E-state index contributed by atoms with van der Waals surface area (Å²) in [5, 5.41) is 0.432. The summed E-state index contributed by atoms with van der Waals surface area (Å²) >= 11 is 0. The number of anilines is 1. The number of sulfonamides is 1. The molecule has 5 rings (SSSR count). The van der Waals surface area contributed by atoms with Crippen molar-refractivity contribution in [1.29, 1.82) is 0 Å². The summed E-state index contributed by atoms with van der Waals surface area (Å²) < 4.78 is 84.3. The standard InChI is InChI=1S/C28H27F4N5O4S/c1-35(2)25-13-19(18-4-3-5-21(12-18)28(30,31)32)6-7-23(25)36-11-9-20-14-26(22(29)15-24(20)36)42(39,40)37(41-17-38)27-8-10-33-16-34-27/h3-5,8-12,14-17,19,23,25H,6-7,13H2,1-2H3/t19-,23-,25-/m0/s1. The van der Waals surface area contributed by atoms with Crippen LogP contribution in [-0.4, -0.2) is 54.5 Å². The van der Waals surface area contributed by atoms with Crippen LogP contribution in [0.4, 0.5) is 23.4 Å². The molecule has 0 amide bonds. The zero-order valence-electron chi connectivity index (χ0n) is 22.6. The third-order valence-corrected chi connectivity index (χ3v) is 9.23. The van der Waals surface area contributed by atoms with Crippen LogP contribution in [0.25, 0.3) is 10.9 Å². The fraction of sp³-hybridized carbons (Fsp3) is 0.321. The molecule has 2 aromatic carbocycles. The Labute approximate surface area is 239 Å². The number of likely N-dealkylation sites (N-methyl/N-ethyl adjacent to an activating group) is 1. The van der Waals surface area contributed by atoms with E-state index in [2.05, 4.69) is 14.8 Å². The van der Waals surface area contributed by atoms with Crippen molar-refractivity contribution in [2.24, 2.45) is 0 Å². The second-order valence-corrected chi connectivity index (χ2v) is 12.0. The Morgan fingerprint density at radius 1 is 1.10 bits per heavy atom. The van der Waals surface area contributed by atoms with Gasteiger partial charge in [0.25, 0.3) is 10.0 Å². The molecule has 0 saturated heterocycles. The predicted octanol–water partition coefficient (Wildman–Crippen LogP) is 5.31. The lowest BCUT2D eigenvalue weighted by Gasteiger charge is -2.41. The van der Waals surface area contributed by atoms with Gasteiger partial charge in [0.2, 0.25) is 0 Å². The minimum atomic E-state index is -4.71. The summed E-state index contributed by atoms with van der Waals surface area (Å²) in [4.78, 5) is 24.5. The SMILES string of the molecule is CN(C)[C@H]1C[C@@H](c2cccc(C(F)(F)F)c2)CC[C@@H]1n1ccc2cc(S(=O)(=O)N(OC=O)c3ccncn3)c(F)cc21. The number of carbonyl (C=O) groups is 1. The summed E-state index contributed by atoms with van der Waals surface area (Å²) in [6, 6.07) is 10.3. The van der Waals surface area contributed by atoms with Gasteiger partial charge in [-0.3, -0.25) is 4.79 Å². The first-order chi connectivity index (χ1) is 19.9. The highest BCUT2D eigenvalue weighted by Gasteiger charge is 2.37. The Balaban J connectivity index is 1.47. The van der Waals surface area contributed by atoms with Crippen LogP contribution in [0, 0.1) is 5.82 Å². The first kappa shape index (κ1) is 29.5. The van der Waals surface area contributed by atoms with Gasteiger partial charge >= 0.3 is 12.6 Å². The number of hydrogen-bond donors (Lipinski definition) is 0. The smallest absolute Gasteiger partial charge is 0.343 e. The van der Waals surface area contributed by atoms with Crippen molar-refractivity contribution in [2.45, 2.75) is 48.3 Å². The van der Waals surface area contributed by atoms with Gasteiger partial charge in [-0.25, -0.2) is 14.4 Å². The van der Waals surface area contributed by atoms with Crippen molar-refractivity contribution in [3.05, 3.63) is 84.2 Å². The average molecular weight is 606 g/mol. The number of rotatable bonds is 8. The van der Waals surface area contributed by atoms with Gasteiger partial charge in [-0.05, 0) is 69.1 Å². The van der Waals surface area contributed by atoms with E-state index >= 15 is 4.39 Å². The second-order valence-electron chi connectivity index (χ2n) is 10.3. The van der Waals surface area contributed by atoms with Gasteiger partial charge in [-0.2, -0.15) is 21.6 Å². The highest BCUT2D eigenvalue weighted by atomic mass is 32.2. The summed E-state index contributed by atoms with van der Waals surface area (Å²) in [6.45, 7) is -0.107. The van der Waals surface area contributed by atoms with Crippen molar-refractivity contribution < 1.29 is 35.6 Å². The Morgan fingerprint density at radius 2 is 1.88 bits per heavy atom. The van der Waals surface area contributed by atoms with E-state index in [-0.39, 0.29) is 34.8 Å². The fourth-order valence-corrected chi connectivity index (χ4v) is 6.94. The lowest BCUT2D eigenvalue weighted by Crippen LogP contribution is -2.40. The Bertz CT molecular complexity index is 1700. The molecule has 0 unspecified atom stereocenters. The normalized spacial score (nSPS) is 19.6. The average Bonchev–Trinajstić information content (AvgIpc) is 3.37. The number of halogens is 4. The van der Waals surface area contributed by atoms with Crippen LogP contribution in [0.5, 0.6) is 0 Å². The van der Waals surface area contributed by atoms with Crippen LogP contribution in [0.15, 0.2) is 72.1 Å². The largest absolute Gasteiger partial charge is 0.416 e. The molecule has 4 aromatic rings. The van der Waals surface area contributed by atoms with E-state index in [1.807, 2.05) is 23.6 Å². The van der Waals surface area contributed by atoms with E-state index in [1.54, 1.807) is 18.3 Å². The fourth-order valence-electron chi connectivity index (χ4n) is 5.68. The third-order valence-electron chi connectivity index (χ3n) is 7.65.